The number of aryl methyl sites for hydroxylation is 1. The molecule has 25 heavy (non-hydrogen) atoms. The molecule has 2 heterocycles. The highest BCUT2D eigenvalue weighted by atomic mass is 32.2. The third kappa shape index (κ3) is 3.55. The van der Waals surface area contributed by atoms with E-state index in [1.54, 1.807) is 25.4 Å². The Bertz CT molecular complexity index is 987. The van der Waals surface area contributed by atoms with Crippen LogP contribution >= 0.6 is 0 Å². The van der Waals surface area contributed by atoms with E-state index < -0.39 is 10.0 Å². The van der Waals surface area contributed by atoms with Crippen LogP contribution in [-0.2, 0) is 23.5 Å². The fourth-order valence-corrected chi connectivity index (χ4v) is 3.48. The second-order valence-corrected chi connectivity index (χ2v) is 7.76. The van der Waals surface area contributed by atoms with Crippen molar-refractivity contribution in [1.29, 1.82) is 0 Å². The minimum absolute atomic E-state index is 0.0162. The molecule has 0 bridgehead atoms. The summed E-state index contributed by atoms with van der Waals surface area (Å²) in [6, 6.07) is 8.51. The molecule has 2 aromatic heterocycles. The zero-order chi connectivity index (χ0) is 17.4. The molecule has 1 aliphatic carbocycles. The molecule has 0 unspecified atom stereocenters. The van der Waals surface area contributed by atoms with Crippen molar-refractivity contribution in [3.63, 3.8) is 0 Å². The van der Waals surface area contributed by atoms with Crippen LogP contribution in [-0.4, -0.2) is 28.3 Å². The second-order valence-electron chi connectivity index (χ2n) is 6.13. The monoisotopic (exact) mass is 359 g/mol. The van der Waals surface area contributed by atoms with Gasteiger partial charge in [0, 0.05) is 24.8 Å². The summed E-state index contributed by atoms with van der Waals surface area (Å²) in [4.78, 5) is 4.39. The number of rotatable bonds is 6. The van der Waals surface area contributed by atoms with Crippen LogP contribution in [0, 0.1) is 0 Å². The van der Waals surface area contributed by atoms with E-state index in [0.29, 0.717) is 23.9 Å². The average Bonchev–Trinajstić information content (AvgIpc) is 3.16. The summed E-state index contributed by atoms with van der Waals surface area (Å²) in [5.41, 5.74) is 1.44. The third-order valence-corrected chi connectivity index (χ3v) is 5.23. The van der Waals surface area contributed by atoms with Gasteiger partial charge in [0.1, 0.15) is 0 Å². The van der Waals surface area contributed by atoms with E-state index in [1.807, 2.05) is 12.1 Å². The Labute approximate surface area is 144 Å². The van der Waals surface area contributed by atoms with E-state index >= 15 is 0 Å². The molecule has 4 rings (SSSR count). The lowest BCUT2D eigenvalue weighted by Crippen LogP contribution is -2.14. The van der Waals surface area contributed by atoms with Crippen molar-refractivity contribution >= 4 is 15.7 Å². The zero-order valence-electron chi connectivity index (χ0n) is 13.6. The van der Waals surface area contributed by atoms with Crippen LogP contribution in [0.15, 0.2) is 46.1 Å². The van der Waals surface area contributed by atoms with Gasteiger partial charge in [-0.1, -0.05) is 17.3 Å². The molecule has 0 atom stereocenters. The lowest BCUT2D eigenvalue weighted by Gasteiger charge is -2.06. The highest BCUT2D eigenvalue weighted by molar-refractivity contribution is 7.92. The SMILES string of the molecule is Cn1ccc(S(=O)(=O)Nc2ccc(Cc3nc(C4CC4)no3)cc2)n1. The lowest BCUT2D eigenvalue weighted by atomic mass is 10.1. The molecule has 130 valence electrons. The molecule has 0 radical (unpaired) electrons. The van der Waals surface area contributed by atoms with E-state index in [9.17, 15) is 8.42 Å². The topological polar surface area (TPSA) is 103 Å². The van der Waals surface area contributed by atoms with Crippen LogP contribution in [0.3, 0.4) is 0 Å². The van der Waals surface area contributed by atoms with Crippen LogP contribution in [0.25, 0.3) is 0 Å². The molecule has 1 aromatic carbocycles. The highest BCUT2D eigenvalue weighted by Crippen LogP contribution is 2.38. The normalized spacial score (nSPS) is 14.6. The Morgan fingerprint density at radius 3 is 2.64 bits per heavy atom. The molecular formula is C16H17N5O3S. The van der Waals surface area contributed by atoms with Gasteiger partial charge in [0.2, 0.25) is 5.89 Å². The summed E-state index contributed by atoms with van der Waals surface area (Å²) in [6.45, 7) is 0. The van der Waals surface area contributed by atoms with Crippen molar-refractivity contribution in [2.24, 2.45) is 7.05 Å². The Kier molecular flexibility index (Phi) is 3.79. The van der Waals surface area contributed by atoms with E-state index in [0.717, 1.165) is 24.2 Å². The minimum atomic E-state index is -3.69. The van der Waals surface area contributed by atoms with E-state index in [-0.39, 0.29) is 5.03 Å². The quantitative estimate of drug-likeness (QED) is 0.723. The number of sulfonamides is 1. The summed E-state index contributed by atoms with van der Waals surface area (Å²) >= 11 is 0. The maximum atomic E-state index is 12.2. The van der Waals surface area contributed by atoms with Gasteiger partial charge in [-0.2, -0.15) is 18.5 Å². The largest absolute Gasteiger partial charge is 0.339 e. The molecular weight excluding hydrogens is 342 g/mol. The number of nitrogens with zero attached hydrogens (tertiary/aromatic N) is 4. The molecule has 0 aliphatic heterocycles. The van der Waals surface area contributed by atoms with Gasteiger partial charge in [-0.05, 0) is 36.6 Å². The molecule has 3 aromatic rings. The lowest BCUT2D eigenvalue weighted by molar-refractivity contribution is 0.379. The number of aromatic nitrogens is 4. The van der Waals surface area contributed by atoms with Crippen molar-refractivity contribution in [3.8, 4) is 0 Å². The van der Waals surface area contributed by atoms with Gasteiger partial charge in [-0.3, -0.25) is 9.40 Å². The first-order valence-electron chi connectivity index (χ1n) is 7.93. The first-order valence-corrected chi connectivity index (χ1v) is 9.42. The predicted molar refractivity (Wildman–Crippen MR) is 89.5 cm³/mol. The fraction of sp³-hybridized carbons (Fsp3) is 0.312. The summed E-state index contributed by atoms with van der Waals surface area (Å²) in [5.74, 6) is 1.82. The summed E-state index contributed by atoms with van der Waals surface area (Å²) in [6.07, 6.45) is 4.36. The van der Waals surface area contributed by atoms with Gasteiger partial charge in [0.05, 0.1) is 6.42 Å². The second kappa shape index (κ2) is 5.99. The van der Waals surface area contributed by atoms with E-state index in [4.69, 9.17) is 4.52 Å². The van der Waals surface area contributed by atoms with Gasteiger partial charge in [0.15, 0.2) is 10.9 Å². The highest BCUT2D eigenvalue weighted by Gasteiger charge is 2.28. The average molecular weight is 359 g/mol. The molecule has 1 fully saturated rings. The van der Waals surface area contributed by atoms with Crippen molar-refractivity contribution in [2.75, 3.05) is 4.72 Å². The van der Waals surface area contributed by atoms with Gasteiger partial charge < -0.3 is 4.52 Å². The van der Waals surface area contributed by atoms with Crippen molar-refractivity contribution in [1.82, 2.24) is 19.9 Å². The molecule has 1 saturated carbocycles. The van der Waals surface area contributed by atoms with Crippen molar-refractivity contribution < 1.29 is 12.9 Å². The van der Waals surface area contributed by atoms with Crippen molar-refractivity contribution in [2.45, 2.75) is 30.2 Å². The summed E-state index contributed by atoms with van der Waals surface area (Å²) in [5, 5.41) is 7.89. The minimum Gasteiger partial charge on any atom is -0.339 e. The van der Waals surface area contributed by atoms with Crippen LogP contribution < -0.4 is 4.72 Å². The van der Waals surface area contributed by atoms with Crippen LogP contribution in [0.5, 0.6) is 0 Å². The van der Waals surface area contributed by atoms with Crippen LogP contribution in [0.1, 0.15) is 36.0 Å². The number of anilines is 1. The van der Waals surface area contributed by atoms with Gasteiger partial charge in [-0.15, -0.1) is 0 Å². The molecule has 0 saturated heterocycles. The van der Waals surface area contributed by atoms with Gasteiger partial charge in [-0.25, -0.2) is 0 Å². The number of benzene rings is 1. The van der Waals surface area contributed by atoms with E-state index in [1.165, 1.54) is 10.7 Å². The maximum Gasteiger partial charge on any atom is 0.281 e. The molecule has 0 amide bonds. The molecule has 1 N–H and O–H groups in total. The first kappa shape index (κ1) is 15.8. The third-order valence-electron chi connectivity index (χ3n) is 3.95. The Morgan fingerprint density at radius 2 is 2.00 bits per heavy atom. The maximum absolute atomic E-state index is 12.2. The smallest absolute Gasteiger partial charge is 0.281 e. The van der Waals surface area contributed by atoms with Gasteiger partial charge in [0.25, 0.3) is 10.0 Å². The summed E-state index contributed by atoms with van der Waals surface area (Å²) in [7, 11) is -2.02. The Morgan fingerprint density at radius 1 is 1.24 bits per heavy atom. The van der Waals surface area contributed by atoms with E-state index in [2.05, 4.69) is 20.0 Å². The molecule has 0 spiro atoms. The molecule has 1 aliphatic rings. The predicted octanol–water partition coefficient (Wildman–Crippen LogP) is 2.07. The fourth-order valence-electron chi connectivity index (χ4n) is 2.46. The summed E-state index contributed by atoms with van der Waals surface area (Å²) < 4.78 is 33.7. The van der Waals surface area contributed by atoms with Crippen LogP contribution in [0.2, 0.25) is 0 Å². The standard InChI is InChI=1S/C16H17N5O3S/c1-21-9-8-15(18-21)25(22,23)20-13-6-2-11(3-7-13)10-14-17-16(19-24-14)12-4-5-12/h2-3,6-9,12,20H,4-5,10H2,1H3. The number of nitrogens with one attached hydrogen (secondary N) is 1. The van der Waals surface area contributed by atoms with Crippen molar-refractivity contribution in [3.05, 3.63) is 53.8 Å². The molecule has 9 heteroatoms. The first-order chi connectivity index (χ1) is 12.0. The molecule has 8 nitrogen and oxygen atoms in total. The number of hydrogen-bond acceptors (Lipinski definition) is 6. The van der Waals surface area contributed by atoms with Crippen LogP contribution in [0.4, 0.5) is 5.69 Å². The Hall–Kier alpha value is -2.68. The Balaban J connectivity index is 1.44. The number of hydrogen-bond donors (Lipinski definition) is 1. The van der Waals surface area contributed by atoms with Gasteiger partial charge >= 0.3 is 0 Å². The zero-order valence-corrected chi connectivity index (χ0v) is 14.4.